The quantitative estimate of drug-likeness (QED) is 0.494. The molecule has 5 heteroatoms. The minimum absolute atomic E-state index is 0.239. The summed E-state index contributed by atoms with van der Waals surface area (Å²) in [5.74, 6) is -0.0557. The first kappa shape index (κ1) is 12.8. The van der Waals surface area contributed by atoms with Crippen molar-refractivity contribution in [1.29, 1.82) is 0 Å². The van der Waals surface area contributed by atoms with Gasteiger partial charge < -0.3 is 5.73 Å². The lowest BCUT2D eigenvalue weighted by Crippen LogP contribution is -2.23. The number of aromatic nitrogens is 1. The predicted octanol–water partition coefficient (Wildman–Crippen LogP) is 1.44. The molecule has 0 atom stereocenters. The molecule has 1 aromatic heterocycles. The normalized spacial score (nSPS) is 11.1. The third-order valence-electron chi connectivity index (χ3n) is 2.57. The summed E-state index contributed by atoms with van der Waals surface area (Å²) in [7, 11) is 0. The number of aryl methyl sites for hydroxylation is 1. The van der Waals surface area contributed by atoms with Crippen LogP contribution < -0.4 is 11.2 Å². The van der Waals surface area contributed by atoms with Gasteiger partial charge in [-0.25, -0.2) is 5.43 Å². The van der Waals surface area contributed by atoms with Gasteiger partial charge >= 0.3 is 0 Å². The Morgan fingerprint density at radius 2 is 1.74 bits per heavy atom. The number of nitrogens with two attached hydrogens (primary N) is 1. The Balaban J connectivity index is 2.06. The fraction of sp³-hybridized carbons (Fsp3) is 0.0714. The number of hydrogen-bond donors (Lipinski definition) is 2. The van der Waals surface area contributed by atoms with Crippen LogP contribution in [-0.4, -0.2) is 16.7 Å². The molecule has 0 saturated heterocycles. The van der Waals surface area contributed by atoms with Gasteiger partial charge in [0.25, 0.3) is 5.91 Å². The number of hydrogen-bond acceptors (Lipinski definition) is 3. The third-order valence-corrected chi connectivity index (χ3v) is 2.57. The summed E-state index contributed by atoms with van der Waals surface area (Å²) < 4.78 is 0. The van der Waals surface area contributed by atoms with Crippen LogP contribution in [0.5, 0.6) is 0 Å². The molecule has 1 heterocycles. The molecule has 0 radical (unpaired) electrons. The number of pyridine rings is 1. The van der Waals surface area contributed by atoms with E-state index in [9.17, 15) is 4.79 Å². The summed E-state index contributed by atoms with van der Waals surface area (Å²) in [5.41, 5.74) is 10.5. The van der Waals surface area contributed by atoms with E-state index in [0.29, 0.717) is 11.1 Å². The van der Waals surface area contributed by atoms with Gasteiger partial charge in [0.05, 0.1) is 0 Å². The number of rotatable bonds is 3. The highest BCUT2D eigenvalue weighted by atomic mass is 16.2. The number of nitrogens with one attached hydrogen (secondary N) is 1. The second kappa shape index (κ2) is 5.77. The first-order valence-electron chi connectivity index (χ1n) is 5.77. The van der Waals surface area contributed by atoms with E-state index in [4.69, 9.17) is 5.73 Å². The number of amides is 1. The lowest BCUT2D eigenvalue weighted by Gasteiger charge is -2.03. The van der Waals surface area contributed by atoms with Crippen molar-refractivity contribution in [2.45, 2.75) is 6.92 Å². The summed E-state index contributed by atoms with van der Waals surface area (Å²) >= 11 is 0. The molecule has 2 rings (SSSR count). The van der Waals surface area contributed by atoms with Crippen molar-refractivity contribution in [3.8, 4) is 0 Å². The van der Waals surface area contributed by atoms with Crippen LogP contribution in [0.2, 0.25) is 0 Å². The molecule has 0 aliphatic carbocycles. The molecule has 19 heavy (non-hydrogen) atoms. The number of carbonyl (C=O) groups excluding carboxylic acids is 1. The first-order chi connectivity index (χ1) is 9.16. The molecule has 0 bridgehead atoms. The largest absolute Gasteiger partial charge is 0.382 e. The molecular weight excluding hydrogens is 240 g/mol. The van der Waals surface area contributed by atoms with E-state index in [-0.39, 0.29) is 11.7 Å². The predicted molar refractivity (Wildman–Crippen MR) is 73.6 cm³/mol. The van der Waals surface area contributed by atoms with Gasteiger partial charge in [0.15, 0.2) is 5.84 Å². The molecule has 0 aliphatic heterocycles. The number of benzene rings is 1. The van der Waals surface area contributed by atoms with Crippen molar-refractivity contribution >= 4 is 11.7 Å². The lowest BCUT2D eigenvalue weighted by atomic mass is 10.1. The van der Waals surface area contributed by atoms with Gasteiger partial charge in [0.1, 0.15) is 0 Å². The Bertz CT molecular complexity index is 591. The average molecular weight is 254 g/mol. The second-order valence-electron chi connectivity index (χ2n) is 4.04. The van der Waals surface area contributed by atoms with Crippen LogP contribution in [0.4, 0.5) is 0 Å². The summed E-state index contributed by atoms with van der Waals surface area (Å²) in [4.78, 5) is 15.7. The van der Waals surface area contributed by atoms with Crippen molar-refractivity contribution in [1.82, 2.24) is 10.4 Å². The zero-order valence-corrected chi connectivity index (χ0v) is 10.5. The second-order valence-corrected chi connectivity index (χ2v) is 4.04. The zero-order valence-electron chi connectivity index (χ0n) is 10.5. The molecule has 96 valence electrons. The van der Waals surface area contributed by atoms with Crippen molar-refractivity contribution in [2.24, 2.45) is 10.8 Å². The smallest absolute Gasteiger partial charge is 0.271 e. The summed E-state index contributed by atoms with van der Waals surface area (Å²) in [6.45, 7) is 1.96. The molecule has 1 amide bonds. The van der Waals surface area contributed by atoms with E-state index < -0.39 is 0 Å². The van der Waals surface area contributed by atoms with Crippen molar-refractivity contribution in [2.75, 3.05) is 0 Å². The van der Waals surface area contributed by atoms with Gasteiger partial charge in [0, 0.05) is 23.5 Å². The van der Waals surface area contributed by atoms with E-state index in [1.54, 1.807) is 36.7 Å². The summed E-state index contributed by atoms with van der Waals surface area (Å²) in [6, 6.07) is 10.6. The van der Waals surface area contributed by atoms with Crippen molar-refractivity contribution in [3.63, 3.8) is 0 Å². The highest BCUT2D eigenvalue weighted by molar-refractivity contribution is 5.99. The Kier molecular flexibility index (Phi) is 3.87. The highest BCUT2D eigenvalue weighted by Gasteiger charge is 2.04. The van der Waals surface area contributed by atoms with Crippen LogP contribution in [0.1, 0.15) is 21.5 Å². The molecule has 0 fully saturated rings. The molecule has 0 spiro atoms. The number of hydrazone groups is 1. The van der Waals surface area contributed by atoms with Gasteiger partial charge in [0.2, 0.25) is 0 Å². The summed E-state index contributed by atoms with van der Waals surface area (Å²) in [5, 5.41) is 3.86. The van der Waals surface area contributed by atoms with E-state index in [1.165, 1.54) is 0 Å². The maximum atomic E-state index is 11.8. The molecule has 0 unspecified atom stereocenters. The first-order valence-corrected chi connectivity index (χ1v) is 5.77. The topological polar surface area (TPSA) is 80.4 Å². The molecule has 2 aromatic rings. The Morgan fingerprint density at radius 3 is 2.37 bits per heavy atom. The van der Waals surface area contributed by atoms with Crippen molar-refractivity contribution < 1.29 is 4.79 Å². The molecule has 5 nitrogen and oxygen atoms in total. The Labute approximate surface area is 111 Å². The molecule has 0 aliphatic rings. The van der Waals surface area contributed by atoms with Crippen LogP contribution in [0.3, 0.4) is 0 Å². The molecule has 0 saturated carbocycles. The van der Waals surface area contributed by atoms with Crippen LogP contribution >= 0.6 is 0 Å². The van der Waals surface area contributed by atoms with E-state index >= 15 is 0 Å². The number of carbonyl (C=O) groups is 1. The molecular formula is C14H14N4O. The van der Waals surface area contributed by atoms with Gasteiger partial charge in [-0.3, -0.25) is 9.78 Å². The fourth-order valence-electron chi connectivity index (χ4n) is 1.47. The average Bonchev–Trinajstić information content (AvgIpc) is 2.46. The maximum absolute atomic E-state index is 11.8. The van der Waals surface area contributed by atoms with Gasteiger partial charge in [-0.2, -0.15) is 5.10 Å². The fourth-order valence-corrected chi connectivity index (χ4v) is 1.47. The molecule has 3 N–H and O–H groups in total. The lowest BCUT2D eigenvalue weighted by molar-refractivity contribution is 0.0955. The monoisotopic (exact) mass is 254 g/mol. The Hall–Kier alpha value is -2.69. The SMILES string of the molecule is Cc1ccc(C(=O)N/N=C(\N)c2ccncc2)cc1. The zero-order chi connectivity index (χ0) is 13.7. The van der Waals surface area contributed by atoms with Crippen LogP contribution in [0.15, 0.2) is 53.9 Å². The minimum atomic E-state index is -0.294. The Morgan fingerprint density at radius 1 is 1.11 bits per heavy atom. The van der Waals surface area contributed by atoms with Crippen LogP contribution in [-0.2, 0) is 0 Å². The standard InChI is InChI=1S/C14H14N4O/c1-10-2-4-12(5-3-10)14(19)18-17-13(15)11-6-8-16-9-7-11/h2-9H,1H3,(H2,15,17)(H,18,19). The van der Waals surface area contributed by atoms with E-state index in [0.717, 1.165) is 5.56 Å². The number of nitrogens with zero attached hydrogens (tertiary/aromatic N) is 2. The van der Waals surface area contributed by atoms with Crippen molar-refractivity contribution in [3.05, 3.63) is 65.5 Å². The van der Waals surface area contributed by atoms with Crippen LogP contribution in [0.25, 0.3) is 0 Å². The number of amidine groups is 1. The summed E-state index contributed by atoms with van der Waals surface area (Å²) in [6.07, 6.45) is 3.22. The minimum Gasteiger partial charge on any atom is -0.382 e. The van der Waals surface area contributed by atoms with E-state index in [1.807, 2.05) is 19.1 Å². The maximum Gasteiger partial charge on any atom is 0.271 e. The molecule has 1 aromatic carbocycles. The van der Waals surface area contributed by atoms with E-state index in [2.05, 4.69) is 15.5 Å². The van der Waals surface area contributed by atoms with Gasteiger partial charge in [-0.15, -0.1) is 0 Å². The highest BCUT2D eigenvalue weighted by Crippen LogP contribution is 2.03. The third kappa shape index (κ3) is 3.38. The van der Waals surface area contributed by atoms with Gasteiger partial charge in [-0.1, -0.05) is 17.7 Å². The van der Waals surface area contributed by atoms with Gasteiger partial charge in [-0.05, 0) is 31.2 Å². The van der Waals surface area contributed by atoms with Crippen LogP contribution in [0, 0.1) is 6.92 Å².